The number of morpholine rings is 1. The number of benzene rings is 1. The van der Waals surface area contributed by atoms with Gasteiger partial charge in [0.15, 0.2) is 0 Å². The van der Waals surface area contributed by atoms with E-state index in [0.717, 1.165) is 5.56 Å². The van der Waals surface area contributed by atoms with Crippen molar-refractivity contribution < 1.29 is 27.9 Å². The Kier molecular flexibility index (Phi) is 6.13. The summed E-state index contributed by atoms with van der Waals surface area (Å²) in [5, 5.41) is 9.17. The van der Waals surface area contributed by atoms with Crippen molar-refractivity contribution in [2.75, 3.05) is 32.8 Å². The van der Waals surface area contributed by atoms with Crippen LogP contribution in [0.5, 0.6) is 0 Å². The Hall–Kier alpha value is -1.97. The smallest absolute Gasteiger partial charge is 0.326 e. The second-order valence-corrected chi connectivity index (χ2v) is 8.68. The Morgan fingerprint density at radius 1 is 1.11 bits per heavy atom. The average Bonchev–Trinajstić information content (AvgIpc) is 3.17. The van der Waals surface area contributed by atoms with Gasteiger partial charge in [0, 0.05) is 26.1 Å². The molecule has 9 heteroatoms. The van der Waals surface area contributed by atoms with E-state index >= 15 is 0 Å². The van der Waals surface area contributed by atoms with Crippen LogP contribution in [-0.2, 0) is 30.8 Å². The standard InChI is InChI=1S/C18H24N2O6S/c21-17(20-9-1-2-16(20)18(22)23)8-5-14-3-6-15(7-4-14)27(24,25)19-10-12-26-13-11-19/h3-4,6-7,16H,1-2,5,8-13H2,(H,22,23)/t16-/m1/s1. The third-order valence-electron chi connectivity index (χ3n) is 5.02. The summed E-state index contributed by atoms with van der Waals surface area (Å²) in [5.41, 5.74) is 0.843. The molecule has 1 N–H and O–H groups in total. The zero-order chi connectivity index (χ0) is 19.4. The van der Waals surface area contributed by atoms with E-state index in [4.69, 9.17) is 9.84 Å². The molecule has 2 saturated heterocycles. The van der Waals surface area contributed by atoms with Crippen molar-refractivity contribution in [3.63, 3.8) is 0 Å². The molecule has 1 aromatic rings. The van der Waals surface area contributed by atoms with Crippen LogP contribution in [0, 0.1) is 0 Å². The minimum absolute atomic E-state index is 0.176. The lowest BCUT2D eigenvalue weighted by molar-refractivity contribution is -0.148. The molecule has 0 radical (unpaired) electrons. The Morgan fingerprint density at radius 3 is 2.41 bits per heavy atom. The monoisotopic (exact) mass is 396 g/mol. The van der Waals surface area contributed by atoms with Crippen molar-refractivity contribution in [2.45, 2.75) is 36.6 Å². The largest absolute Gasteiger partial charge is 0.480 e. The zero-order valence-electron chi connectivity index (χ0n) is 15.0. The van der Waals surface area contributed by atoms with Gasteiger partial charge in [-0.25, -0.2) is 13.2 Å². The zero-order valence-corrected chi connectivity index (χ0v) is 15.9. The molecule has 0 aliphatic carbocycles. The number of carboxylic acids is 1. The second kappa shape index (κ2) is 8.37. The molecule has 1 atom stereocenters. The lowest BCUT2D eigenvalue weighted by atomic mass is 10.1. The lowest BCUT2D eigenvalue weighted by Crippen LogP contribution is -2.40. The maximum atomic E-state index is 12.6. The van der Waals surface area contributed by atoms with Crippen LogP contribution in [0.25, 0.3) is 0 Å². The quantitative estimate of drug-likeness (QED) is 0.760. The average molecular weight is 396 g/mol. The SMILES string of the molecule is O=C(O)[C@H]1CCCN1C(=O)CCc1ccc(S(=O)(=O)N2CCOCC2)cc1. The molecule has 3 rings (SSSR count). The molecule has 148 valence electrons. The molecule has 2 heterocycles. The molecule has 0 bridgehead atoms. The van der Waals surface area contributed by atoms with Gasteiger partial charge in [-0.3, -0.25) is 4.79 Å². The normalized spacial score (nSPS) is 21.3. The molecule has 27 heavy (non-hydrogen) atoms. The first kappa shape index (κ1) is 19.8. The molecular weight excluding hydrogens is 372 g/mol. The van der Waals surface area contributed by atoms with Crippen LogP contribution in [0.1, 0.15) is 24.8 Å². The molecule has 2 fully saturated rings. The Bertz CT molecular complexity index is 787. The molecule has 0 unspecified atom stereocenters. The van der Waals surface area contributed by atoms with Gasteiger partial charge in [0.1, 0.15) is 6.04 Å². The van der Waals surface area contributed by atoms with Crippen LogP contribution in [0.2, 0.25) is 0 Å². The van der Waals surface area contributed by atoms with Gasteiger partial charge >= 0.3 is 5.97 Å². The van der Waals surface area contributed by atoms with Gasteiger partial charge in [-0.15, -0.1) is 0 Å². The van der Waals surface area contributed by atoms with Crippen LogP contribution in [0.3, 0.4) is 0 Å². The summed E-state index contributed by atoms with van der Waals surface area (Å²) >= 11 is 0. The summed E-state index contributed by atoms with van der Waals surface area (Å²) in [5.74, 6) is -1.14. The van der Waals surface area contributed by atoms with Gasteiger partial charge in [-0.2, -0.15) is 4.31 Å². The van der Waals surface area contributed by atoms with Crippen molar-refractivity contribution in [3.8, 4) is 0 Å². The fraction of sp³-hybridized carbons (Fsp3) is 0.556. The number of rotatable bonds is 6. The predicted molar refractivity (Wildman–Crippen MR) is 96.7 cm³/mol. The van der Waals surface area contributed by atoms with Gasteiger partial charge in [0.25, 0.3) is 0 Å². The van der Waals surface area contributed by atoms with Gasteiger partial charge in [0.05, 0.1) is 18.1 Å². The molecule has 1 aromatic carbocycles. The molecule has 2 aliphatic heterocycles. The highest BCUT2D eigenvalue weighted by Crippen LogP contribution is 2.21. The van der Waals surface area contributed by atoms with Crippen LogP contribution in [0.15, 0.2) is 29.2 Å². The Labute approximate surface area is 158 Å². The number of carboxylic acid groups (broad SMARTS) is 1. The highest BCUT2D eigenvalue weighted by atomic mass is 32.2. The van der Waals surface area contributed by atoms with Gasteiger partial charge in [-0.1, -0.05) is 12.1 Å². The van der Waals surface area contributed by atoms with E-state index in [1.165, 1.54) is 9.21 Å². The summed E-state index contributed by atoms with van der Waals surface area (Å²) in [4.78, 5) is 25.2. The van der Waals surface area contributed by atoms with Crippen molar-refractivity contribution in [1.29, 1.82) is 0 Å². The van der Waals surface area contributed by atoms with Crippen LogP contribution in [-0.4, -0.2) is 73.5 Å². The number of aliphatic carboxylic acids is 1. The Morgan fingerprint density at radius 2 is 1.78 bits per heavy atom. The van der Waals surface area contributed by atoms with E-state index < -0.39 is 22.0 Å². The highest BCUT2D eigenvalue weighted by molar-refractivity contribution is 7.89. The first-order valence-corrected chi connectivity index (χ1v) is 10.5. The van der Waals surface area contributed by atoms with Gasteiger partial charge in [-0.05, 0) is 37.0 Å². The molecule has 0 spiro atoms. The summed E-state index contributed by atoms with van der Waals surface area (Å²) in [6, 6.07) is 5.80. The molecule has 2 aliphatic rings. The fourth-order valence-corrected chi connectivity index (χ4v) is 4.89. The van der Waals surface area contributed by atoms with E-state index in [0.29, 0.717) is 52.1 Å². The number of hydrogen-bond acceptors (Lipinski definition) is 5. The predicted octanol–water partition coefficient (Wildman–Crippen LogP) is 0.716. The van der Waals surface area contributed by atoms with Crippen LogP contribution >= 0.6 is 0 Å². The number of likely N-dealkylation sites (tertiary alicyclic amines) is 1. The highest BCUT2D eigenvalue weighted by Gasteiger charge is 2.33. The maximum Gasteiger partial charge on any atom is 0.326 e. The van der Waals surface area contributed by atoms with Crippen LogP contribution in [0.4, 0.5) is 0 Å². The van der Waals surface area contributed by atoms with Crippen molar-refractivity contribution >= 4 is 21.9 Å². The van der Waals surface area contributed by atoms with Crippen molar-refractivity contribution in [3.05, 3.63) is 29.8 Å². The van der Waals surface area contributed by atoms with Gasteiger partial charge < -0.3 is 14.7 Å². The van der Waals surface area contributed by atoms with Crippen molar-refractivity contribution in [1.82, 2.24) is 9.21 Å². The number of carbonyl (C=O) groups is 2. The molecule has 0 aromatic heterocycles. The van der Waals surface area contributed by atoms with E-state index in [1.54, 1.807) is 24.3 Å². The number of nitrogens with zero attached hydrogens (tertiary/aromatic N) is 2. The molecular formula is C18H24N2O6S. The first-order valence-electron chi connectivity index (χ1n) is 9.09. The fourth-order valence-electron chi connectivity index (χ4n) is 3.48. The minimum atomic E-state index is -3.53. The Balaban J connectivity index is 1.59. The number of hydrogen-bond donors (Lipinski definition) is 1. The summed E-state index contributed by atoms with van der Waals surface area (Å²) in [6.45, 7) is 1.96. The van der Waals surface area contributed by atoms with E-state index in [-0.39, 0.29) is 17.2 Å². The minimum Gasteiger partial charge on any atom is -0.480 e. The lowest BCUT2D eigenvalue weighted by Gasteiger charge is -2.26. The van der Waals surface area contributed by atoms with Gasteiger partial charge in [0.2, 0.25) is 15.9 Å². The number of amides is 1. The van der Waals surface area contributed by atoms with E-state index in [1.807, 2.05) is 0 Å². The van der Waals surface area contributed by atoms with Crippen molar-refractivity contribution in [2.24, 2.45) is 0 Å². The second-order valence-electron chi connectivity index (χ2n) is 6.74. The molecule has 1 amide bonds. The molecule has 8 nitrogen and oxygen atoms in total. The third kappa shape index (κ3) is 4.48. The van der Waals surface area contributed by atoms with E-state index in [2.05, 4.69) is 0 Å². The summed E-state index contributed by atoms with van der Waals surface area (Å²) < 4.78 is 31.8. The topological polar surface area (TPSA) is 104 Å². The number of aryl methyl sites for hydroxylation is 1. The third-order valence-corrected chi connectivity index (χ3v) is 6.93. The summed E-state index contributed by atoms with van der Waals surface area (Å²) in [6.07, 6.45) is 1.85. The first-order chi connectivity index (χ1) is 12.9. The number of sulfonamides is 1. The maximum absolute atomic E-state index is 12.6. The van der Waals surface area contributed by atoms with E-state index in [9.17, 15) is 18.0 Å². The number of ether oxygens (including phenoxy) is 1. The summed E-state index contributed by atoms with van der Waals surface area (Å²) in [7, 11) is -3.53. The van der Waals surface area contributed by atoms with Crippen LogP contribution < -0.4 is 0 Å². The number of carbonyl (C=O) groups excluding carboxylic acids is 1. The molecule has 0 saturated carbocycles.